The van der Waals surface area contributed by atoms with Crippen LogP contribution in [0, 0.1) is 5.41 Å². The van der Waals surface area contributed by atoms with Gasteiger partial charge in [-0.15, -0.1) is 0 Å². The highest BCUT2D eigenvalue weighted by Crippen LogP contribution is 2.42. The number of hydrogen-bond acceptors (Lipinski definition) is 3. The van der Waals surface area contributed by atoms with E-state index in [-0.39, 0.29) is 5.41 Å². The SMILES string of the molecule is O=C1N(C2CCOCC2)CC[C@@]12CCCN(C1=CCCC=C1)C2. The Balaban J connectivity index is 1.48. The molecule has 0 radical (unpaired) electrons. The number of allylic oxidation sites excluding steroid dienone is 3. The highest BCUT2D eigenvalue weighted by Gasteiger charge is 2.50. The van der Waals surface area contributed by atoms with Gasteiger partial charge in [0.05, 0.1) is 5.41 Å². The smallest absolute Gasteiger partial charge is 0.230 e. The molecular weight excluding hydrogens is 288 g/mol. The van der Waals surface area contributed by atoms with Crippen LogP contribution in [0.25, 0.3) is 0 Å². The molecule has 3 fully saturated rings. The summed E-state index contributed by atoms with van der Waals surface area (Å²) in [5.74, 6) is 0.425. The first-order chi connectivity index (χ1) is 11.3. The summed E-state index contributed by atoms with van der Waals surface area (Å²) in [6.07, 6.45) is 14.4. The summed E-state index contributed by atoms with van der Waals surface area (Å²) in [6.45, 7) is 4.59. The molecule has 4 aliphatic rings. The van der Waals surface area contributed by atoms with Crippen LogP contribution in [-0.2, 0) is 9.53 Å². The first kappa shape index (κ1) is 15.3. The molecule has 0 unspecified atom stereocenters. The number of rotatable bonds is 2. The number of amides is 1. The predicted molar refractivity (Wildman–Crippen MR) is 89.9 cm³/mol. The van der Waals surface area contributed by atoms with Gasteiger partial charge in [-0.2, -0.15) is 0 Å². The second kappa shape index (κ2) is 6.31. The molecule has 0 N–H and O–H groups in total. The van der Waals surface area contributed by atoms with Crippen molar-refractivity contribution in [3.05, 3.63) is 23.9 Å². The first-order valence-corrected chi connectivity index (χ1v) is 9.29. The summed E-state index contributed by atoms with van der Waals surface area (Å²) in [6, 6.07) is 0.416. The van der Waals surface area contributed by atoms with Gasteiger partial charge in [-0.25, -0.2) is 0 Å². The minimum atomic E-state index is -0.122. The van der Waals surface area contributed by atoms with Crippen molar-refractivity contribution in [2.75, 3.05) is 32.8 Å². The topological polar surface area (TPSA) is 32.8 Å². The second-order valence-electron chi connectivity index (χ2n) is 7.51. The molecule has 0 aromatic carbocycles. The van der Waals surface area contributed by atoms with Crippen molar-refractivity contribution in [1.29, 1.82) is 0 Å². The average Bonchev–Trinajstić information content (AvgIpc) is 2.93. The fourth-order valence-corrected chi connectivity index (χ4v) is 4.76. The molecule has 1 amide bonds. The van der Waals surface area contributed by atoms with Gasteiger partial charge in [-0.05, 0) is 51.0 Å². The summed E-state index contributed by atoms with van der Waals surface area (Å²) in [4.78, 5) is 17.9. The van der Waals surface area contributed by atoms with Gasteiger partial charge in [0.15, 0.2) is 0 Å². The minimum absolute atomic E-state index is 0.122. The van der Waals surface area contributed by atoms with Crippen LogP contribution in [0.15, 0.2) is 23.9 Å². The molecule has 1 aliphatic carbocycles. The van der Waals surface area contributed by atoms with E-state index in [0.29, 0.717) is 11.9 Å². The summed E-state index contributed by atoms with van der Waals surface area (Å²) in [5, 5.41) is 0. The maximum Gasteiger partial charge on any atom is 0.230 e. The maximum atomic E-state index is 13.2. The van der Waals surface area contributed by atoms with E-state index in [4.69, 9.17) is 4.74 Å². The molecule has 3 aliphatic heterocycles. The van der Waals surface area contributed by atoms with E-state index in [1.807, 2.05) is 0 Å². The molecular formula is C19H28N2O2. The summed E-state index contributed by atoms with van der Waals surface area (Å²) >= 11 is 0. The van der Waals surface area contributed by atoms with Gasteiger partial charge in [0, 0.05) is 44.6 Å². The summed E-state index contributed by atoms with van der Waals surface area (Å²) in [7, 11) is 0. The first-order valence-electron chi connectivity index (χ1n) is 9.29. The number of hydrogen-bond donors (Lipinski definition) is 0. The molecule has 0 saturated carbocycles. The van der Waals surface area contributed by atoms with Crippen LogP contribution in [0.2, 0.25) is 0 Å². The molecule has 3 saturated heterocycles. The largest absolute Gasteiger partial charge is 0.381 e. The lowest BCUT2D eigenvalue weighted by molar-refractivity contribution is -0.141. The maximum absolute atomic E-state index is 13.2. The van der Waals surface area contributed by atoms with Gasteiger partial charge in [-0.1, -0.05) is 12.2 Å². The Morgan fingerprint density at radius 3 is 2.78 bits per heavy atom. The zero-order valence-corrected chi connectivity index (χ0v) is 14.0. The summed E-state index contributed by atoms with van der Waals surface area (Å²) in [5.41, 5.74) is 1.22. The van der Waals surface area contributed by atoms with Gasteiger partial charge in [0.2, 0.25) is 5.91 Å². The Hall–Kier alpha value is -1.29. The minimum Gasteiger partial charge on any atom is -0.381 e. The van der Waals surface area contributed by atoms with Gasteiger partial charge >= 0.3 is 0 Å². The molecule has 0 aromatic rings. The van der Waals surface area contributed by atoms with Crippen molar-refractivity contribution in [3.8, 4) is 0 Å². The standard InChI is InChI=1S/C19H28N2O2/c22-18-19(10-12-21(18)17-7-13-23-14-8-17)9-4-11-20(15-19)16-5-2-1-3-6-16/h2,5-6,17H,1,3-4,7-15H2/t19-/m1/s1. The van der Waals surface area contributed by atoms with Crippen molar-refractivity contribution in [1.82, 2.24) is 9.80 Å². The Kier molecular flexibility index (Phi) is 4.18. The van der Waals surface area contributed by atoms with Crippen LogP contribution in [0.5, 0.6) is 0 Å². The normalized spacial score (nSPS) is 32.7. The fourth-order valence-electron chi connectivity index (χ4n) is 4.76. The predicted octanol–water partition coefficient (Wildman–Crippen LogP) is 2.71. The third-order valence-electron chi connectivity index (χ3n) is 6.09. The van der Waals surface area contributed by atoms with Crippen LogP contribution in [0.1, 0.15) is 44.9 Å². The van der Waals surface area contributed by atoms with E-state index in [1.165, 1.54) is 5.70 Å². The van der Waals surface area contributed by atoms with E-state index in [2.05, 4.69) is 28.0 Å². The number of carbonyl (C=O) groups is 1. The highest BCUT2D eigenvalue weighted by atomic mass is 16.5. The van der Waals surface area contributed by atoms with Gasteiger partial charge < -0.3 is 14.5 Å². The second-order valence-corrected chi connectivity index (χ2v) is 7.51. The van der Waals surface area contributed by atoms with E-state index >= 15 is 0 Å². The van der Waals surface area contributed by atoms with E-state index in [9.17, 15) is 4.79 Å². The zero-order chi connectivity index (χ0) is 15.7. The average molecular weight is 316 g/mol. The Morgan fingerprint density at radius 2 is 2.00 bits per heavy atom. The third kappa shape index (κ3) is 2.82. The Bertz CT molecular complexity index is 521. The van der Waals surface area contributed by atoms with Crippen molar-refractivity contribution < 1.29 is 9.53 Å². The van der Waals surface area contributed by atoms with Crippen molar-refractivity contribution in [2.45, 2.75) is 51.0 Å². The zero-order valence-electron chi connectivity index (χ0n) is 14.0. The molecule has 4 nitrogen and oxygen atoms in total. The third-order valence-corrected chi connectivity index (χ3v) is 6.09. The molecule has 1 spiro atoms. The van der Waals surface area contributed by atoms with Gasteiger partial charge in [0.1, 0.15) is 0 Å². The lowest BCUT2D eigenvalue weighted by Crippen LogP contribution is -2.49. The fraction of sp³-hybridized carbons (Fsp3) is 0.737. The molecule has 0 aromatic heterocycles. The molecule has 4 heteroatoms. The van der Waals surface area contributed by atoms with Crippen LogP contribution in [0.4, 0.5) is 0 Å². The van der Waals surface area contributed by atoms with E-state index < -0.39 is 0 Å². The number of likely N-dealkylation sites (tertiary alicyclic amines) is 2. The number of piperidine rings is 1. The Labute approximate surface area is 139 Å². The number of ether oxygens (including phenoxy) is 1. The van der Waals surface area contributed by atoms with Crippen molar-refractivity contribution in [2.24, 2.45) is 5.41 Å². The Morgan fingerprint density at radius 1 is 1.13 bits per heavy atom. The van der Waals surface area contributed by atoms with Crippen LogP contribution in [-0.4, -0.2) is 54.6 Å². The van der Waals surface area contributed by atoms with Crippen molar-refractivity contribution >= 4 is 5.91 Å². The monoisotopic (exact) mass is 316 g/mol. The van der Waals surface area contributed by atoms with Gasteiger partial charge in [-0.3, -0.25) is 4.79 Å². The number of carbonyl (C=O) groups excluding carboxylic acids is 1. The quantitative estimate of drug-likeness (QED) is 0.785. The molecule has 4 rings (SSSR count). The highest BCUT2D eigenvalue weighted by molar-refractivity contribution is 5.85. The van der Waals surface area contributed by atoms with Gasteiger partial charge in [0.25, 0.3) is 0 Å². The lowest BCUT2D eigenvalue weighted by Gasteiger charge is -2.42. The molecule has 0 bridgehead atoms. The molecule has 23 heavy (non-hydrogen) atoms. The summed E-state index contributed by atoms with van der Waals surface area (Å²) < 4.78 is 5.47. The molecule has 3 heterocycles. The van der Waals surface area contributed by atoms with Crippen LogP contribution in [0.3, 0.4) is 0 Å². The number of nitrogens with zero attached hydrogens (tertiary/aromatic N) is 2. The van der Waals surface area contributed by atoms with E-state index in [1.54, 1.807) is 0 Å². The van der Waals surface area contributed by atoms with E-state index in [0.717, 1.165) is 77.8 Å². The van der Waals surface area contributed by atoms with Crippen LogP contribution >= 0.6 is 0 Å². The molecule has 126 valence electrons. The molecule has 1 atom stereocenters. The lowest BCUT2D eigenvalue weighted by atomic mass is 9.78. The van der Waals surface area contributed by atoms with Crippen LogP contribution < -0.4 is 0 Å². The van der Waals surface area contributed by atoms with Crippen molar-refractivity contribution in [3.63, 3.8) is 0 Å².